The summed E-state index contributed by atoms with van der Waals surface area (Å²) in [6, 6.07) is 0.783. The van der Waals surface area contributed by atoms with Gasteiger partial charge < -0.3 is 20.1 Å². The summed E-state index contributed by atoms with van der Waals surface area (Å²) in [4.78, 5) is 11.3. The van der Waals surface area contributed by atoms with E-state index in [2.05, 4.69) is 19.6 Å². The highest BCUT2D eigenvalue weighted by atomic mass is 28.3. The zero-order chi connectivity index (χ0) is 16.9. The first kappa shape index (κ1) is 19.1. The normalized spacial score (nSPS) is 26.9. The van der Waals surface area contributed by atoms with Gasteiger partial charge in [-0.3, -0.25) is 4.79 Å². The average molecular weight is 328 g/mol. The molecule has 1 rings (SSSR count). The summed E-state index contributed by atoms with van der Waals surface area (Å²) in [7, 11) is -1.32. The molecule has 1 saturated heterocycles. The van der Waals surface area contributed by atoms with Crippen LogP contribution in [-0.4, -0.2) is 53.8 Å². The number of hydrogen-bond acceptors (Lipinski definition) is 5. The van der Waals surface area contributed by atoms with E-state index in [0.717, 1.165) is 11.6 Å². The highest BCUT2D eigenvalue weighted by Crippen LogP contribution is 2.19. The van der Waals surface area contributed by atoms with E-state index in [1.807, 2.05) is 6.92 Å². The standard InChI is InChI=1S/C16H28O5Si/c1-11(5-6-12(17)10-22(2,3)4)7-14(19)15-8-13(18)9-16(20)21-15/h5-7,12-15,17-19H,8-10H2,1-4H3/b6-5+,11-7+/t12-,13+,14+,15+/m0/s1. The van der Waals surface area contributed by atoms with E-state index in [0.29, 0.717) is 0 Å². The Bertz CT molecular complexity index is 438. The van der Waals surface area contributed by atoms with E-state index < -0.39 is 38.5 Å². The maximum absolute atomic E-state index is 11.3. The molecule has 0 aromatic heterocycles. The number of rotatable bonds is 6. The van der Waals surface area contributed by atoms with Gasteiger partial charge in [-0.15, -0.1) is 0 Å². The van der Waals surface area contributed by atoms with Crippen molar-refractivity contribution < 1.29 is 24.9 Å². The lowest BCUT2D eigenvalue weighted by atomic mass is 10.00. The lowest BCUT2D eigenvalue weighted by Crippen LogP contribution is -2.39. The molecule has 5 nitrogen and oxygen atoms in total. The molecule has 0 aromatic carbocycles. The van der Waals surface area contributed by atoms with Gasteiger partial charge in [0.2, 0.25) is 0 Å². The molecule has 0 bridgehead atoms. The van der Waals surface area contributed by atoms with Crippen LogP contribution in [0.4, 0.5) is 0 Å². The Morgan fingerprint density at radius 1 is 1.41 bits per heavy atom. The van der Waals surface area contributed by atoms with Crippen molar-refractivity contribution in [3.05, 3.63) is 23.8 Å². The Morgan fingerprint density at radius 3 is 2.59 bits per heavy atom. The van der Waals surface area contributed by atoms with Crippen molar-refractivity contribution in [2.75, 3.05) is 0 Å². The molecule has 126 valence electrons. The monoisotopic (exact) mass is 328 g/mol. The molecule has 0 saturated carbocycles. The largest absolute Gasteiger partial charge is 0.459 e. The molecule has 0 aromatic rings. The highest BCUT2D eigenvalue weighted by Gasteiger charge is 2.31. The summed E-state index contributed by atoms with van der Waals surface area (Å²) in [5.41, 5.74) is 0.776. The molecule has 6 heteroatoms. The van der Waals surface area contributed by atoms with Gasteiger partial charge in [-0.05, 0) is 19.0 Å². The highest BCUT2D eigenvalue weighted by molar-refractivity contribution is 6.76. The lowest BCUT2D eigenvalue weighted by molar-refractivity contribution is -0.166. The molecule has 4 atom stereocenters. The number of cyclic esters (lactones) is 1. The van der Waals surface area contributed by atoms with Crippen molar-refractivity contribution in [3.63, 3.8) is 0 Å². The maximum Gasteiger partial charge on any atom is 0.308 e. The van der Waals surface area contributed by atoms with E-state index >= 15 is 0 Å². The molecule has 1 aliphatic heterocycles. The number of allylic oxidation sites excluding steroid dienone is 2. The molecule has 1 fully saturated rings. The van der Waals surface area contributed by atoms with E-state index in [9.17, 15) is 20.1 Å². The zero-order valence-corrected chi connectivity index (χ0v) is 14.8. The van der Waals surface area contributed by atoms with Crippen LogP contribution in [0.2, 0.25) is 25.7 Å². The van der Waals surface area contributed by atoms with Crippen LogP contribution in [0.15, 0.2) is 23.8 Å². The number of carbonyl (C=O) groups excluding carboxylic acids is 1. The van der Waals surface area contributed by atoms with Crippen molar-refractivity contribution in [2.24, 2.45) is 0 Å². The van der Waals surface area contributed by atoms with Gasteiger partial charge in [-0.1, -0.05) is 37.4 Å². The van der Waals surface area contributed by atoms with E-state index in [-0.39, 0.29) is 12.8 Å². The van der Waals surface area contributed by atoms with Crippen molar-refractivity contribution in [2.45, 2.75) is 69.9 Å². The van der Waals surface area contributed by atoms with Gasteiger partial charge >= 0.3 is 5.97 Å². The molecule has 3 N–H and O–H groups in total. The summed E-state index contributed by atoms with van der Waals surface area (Å²) in [5.74, 6) is -0.491. The topological polar surface area (TPSA) is 87.0 Å². The molecule has 0 aliphatic carbocycles. The second-order valence-corrected chi connectivity index (χ2v) is 12.7. The quantitative estimate of drug-likeness (QED) is 0.392. The predicted octanol–water partition coefficient (Wildman–Crippen LogP) is 1.62. The molecule has 0 unspecified atom stereocenters. The minimum Gasteiger partial charge on any atom is -0.459 e. The summed E-state index contributed by atoms with van der Waals surface area (Å²) < 4.78 is 5.05. The lowest BCUT2D eigenvalue weighted by Gasteiger charge is -2.28. The third-order valence-corrected chi connectivity index (χ3v) is 5.05. The van der Waals surface area contributed by atoms with Gasteiger partial charge in [0.25, 0.3) is 0 Å². The van der Waals surface area contributed by atoms with Gasteiger partial charge in [-0.2, -0.15) is 0 Å². The van der Waals surface area contributed by atoms with Crippen molar-refractivity contribution in [1.29, 1.82) is 0 Å². The zero-order valence-electron chi connectivity index (χ0n) is 13.8. The second kappa shape index (κ2) is 8.06. The van der Waals surface area contributed by atoms with Gasteiger partial charge in [0.15, 0.2) is 0 Å². The van der Waals surface area contributed by atoms with Crippen LogP contribution in [-0.2, 0) is 9.53 Å². The van der Waals surface area contributed by atoms with Gasteiger partial charge in [0, 0.05) is 14.5 Å². The smallest absolute Gasteiger partial charge is 0.308 e. The Kier molecular flexibility index (Phi) is 6.99. The molecule has 0 amide bonds. The summed E-state index contributed by atoms with van der Waals surface area (Å²) in [6.07, 6.45) is 2.35. The third-order valence-electron chi connectivity index (χ3n) is 3.41. The number of esters is 1. The first-order valence-corrected chi connectivity index (χ1v) is 11.4. The number of aliphatic hydroxyl groups is 3. The molecular weight excluding hydrogens is 300 g/mol. The molecule has 1 heterocycles. The Balaban J connectivity index is 2.58. The fourth-order valence-corrected chi connectivity index (χ4v) is 3.80. The van der Waals surface area contributed by atoms with E-state index in [1.54, 1.807) is 18.2 Å². The first-order valence-electron chi connectivity index (χ1n) is 7.67. The van der Waals surface area contributed by atoms with E-state index in [1.165, 1.54) is 0 Å². The second-order valence-electron chi connectivity index (χ2n) is 7.21. The molecule has 0 spiro atoms. The minimum absolute atomic E-state index is 0.0191. The molecule has 1 aliphatic rings. The van der Waals surface area contributed by atoms with Crippen LogP contribution in [0.1, 0.15) is 19.8 Å². The van der Waals surface area contributed by atoms with Crippen LogP contribution in [0, 0.1) is 0 Å². The van der Waals surface area contributed by atoms with Gasteiger partial charge in [0.1, 0.15) is 12.2 Å². The average Bonchev–Trinajstić information content (AvgIpc) is 2.33. The number of ether oxygens (including phenoxy) is 1. The van der Waals surface area contributed by atoms with Gasteiger partial charge in [0.05, 0.1) is 18.6 Å². The minimum atomic E-state index is -1.32. The van der Waals surface area contributed by atoms with Crippen molar-refractivity contribution in [1.82, 2.24) is 0 Å². The Morgan fingerprint density at radius 2 is 2.05 bits per heavy atom. The van der Waals surface area contributed by atoms with Crippen molar-refractivity contribution >= 4 is 14.0 Å². The molecular formula is C16H28O5Si. The first-order chi connectivity index (χ1) is 10.1. The van der Waals surface area contributed by atoms with Gasteiger partial charge in [-0.25, -0.2) is 0 Å². The summed E-state index contributed by atoms with van der Waals surface area (Å²) in [5, 5.41) is 29.6. The van der Waals surface area contributed by atoms with Crippen LogP contribution >= 0.6 is 0 Å². The fourth-order valence-electron chi connectivity index (χ4n) is 2.41. The van der Waals surface area contributed by atoms with Crippen molar-refractivity contribution in [3.8, 4) is 0 Å². The summed E-state index contributed by atoms with van der Waals surface area (Å²) in [6.45, 7) is 8.39. The van der Waals surface area contributed by atoms with Crippen LogP contribution in [0.5, 0.6) is 0 Å². The SMILES string of the molecule is CC(/C=C/[C@H](O)C[Si](C)(C)C)=C\[C@@H](O)[C@H]1C[C@@H](O)CC(=O)O1. The fraction of sp³-hybridized carbons (Fsp3) is 0.688. The number of carbonyl (C=O) groups is 1. The number of aliphatic hydroxyl groups excluding tert-OH is 3. The summed E-state index contributed by atoms with van der Waals surface area (Å²) >= 11 is 0. The Hall–Kier alpha value is -0.953. The van der Waals surface area contributed by atoms with E-state index in [4.69, 9.17) is 4.74 Å². The van der Waals surface area contributed by atoms with Crippen LogP contribution < -0.4 is 0 Å². The van der Waals surface area contributed by atoms with Crippen LogP contribution in [0.25, 0.3) is 0 Å². The Labute approximate surface area is 133 Å². The van der Waals surface area contributed by atoms with Crippen LogP contribution in [0.3, 0.4) is 0 Å². The maximum atomic E-state index is 11.3. The predicted molar refractivity (Wildman–Crippen MR) is 88.2 cm³/mol. The number of hydrogen-bond donors (Lipinski definition) is 3. The molecule has 22 heavy (non-hydrogen) atoms. The third kappa shape index (κ3) is 7.35. The molecule has 0 radical (unpaired) electrons.